The molecule has 62 valence electrons. The summed E-state index contributed by atoms with van der Waals surface area (Å²) in [5.41, 5.74) is 7.47. The van der Waals surface area contributed by atoms with Gasteiger partial charge in [-0.05, 0) is 18.1 Å². The molecule has 1 heterocycles. The summed E-state index contributed by atoms with van der Waals surface area (Å²) < 4.78 is 0. The molecule has 1 aromatic carbocycles. The summed E-state index contributed by atoms with van der Waals surface area (Å²) in [5, 5.41) is 0. The molecular formula is C10H12N2. The Balaban J connectivity index is 1.99. The third kappa shape index (κ3) is 1.66. The van der Waals surface area contributed by atoms with Crippen LogP contribution < -0.4 is 10.9 Å². The third-order valence-corrected chi connectivity index (χ3v) is 1.98. The first kappa shape index (κ1) is 7.37. The standard InChI is InChI=1S/C10H12N2/c1-2-4-9(5-3-1)8-10-6-7-11-12-10/h1-7,10-12H,8H2. The van der Waals surface area contributed by atoms with Crippen molar-refractivity contribution in [3.63, 3.8) is 0 Å². The Morgan fingerprint density at radius 1 is 1.17 bits per heavy atom. The molecule has 1 unspecified atom stereocenters. The molecule has 0 fully saturated rings. The van der Waals surface area contributed by atoms with Crippen LogP contribution in [0, 0.1) is 0 Å². The van der Waals surface area contributed by atoms with Gasteiger partial charge in [0.1, 0.15) is 0 Å². The van der Waals surface area contributed by atoms with Gasteiger partial charge in [0.25, 0.3) is 0 Å². The second kappa shape index (κ2) is 3.41. The molecule has 0 aliphatic carbocycles. The summed E-state index contributed by atoms with van der Waals surface area (Å²) in [5.74, 6) is 0. The van der Waals surface area contributed by atoms with Crippen molar-refractivity contribution in [3.05, 3.63) is 48.2 Å². The number of rotatable bonds is 2. The molecule has 2 rings (SSSR count). The van der Waals surface area contributed by atoms with Crippen LogP contribution in [0.2, 0.25) is 0 Å². The Morgan fingerprint density at radius 3 is 2.67 bits per heavy atom. The maximum absolute atomic E-state index is 3.14. The minimum Gasteiger partial charge on any atom is -0.328 e. The first-order valence-electron chi connectivity index (χ1n) is 4.17. The molecule has 1 aliphatic heterocycles. The Bertz CT molecular complexity index is 266. The van der Waals surface area contributed by atoms with Gasteiger partial charge in [0.05, 0.1) is 0 Å². The highest BCUT2D eigenvalue weighted by atomic mass is 15.4. The normalized spacial score (nSPS) is 20.8. The second-order valence-electron chi connectivity index (χ2n) is 2.94. The van der Waals surface area contributed by atoms with Crippen LogP contribution in [0.4, 0.5) is 0 Å². The summed E-state index contributed by atoms with van der Waals surface area (Å²) >= 11 is 0. The van der Waals surface area contributed by atoms with Gasteiger partial charge in [0.2, 0.25) is 0 Å². The monoisotopic (exact) mass is 160 g/mol. The van der Waals surface area contributed by atoms with Crippen LogP contribution >= 0.6 is 0 Å². The summed E-state index contributed by atoms with van der Waals surface area (Å²) in [6.45, 7) is 0. The molecular weight excluding hydrogens is 148 g/mol. The predicted octanol–water partition coefficient (Wildman–Crippen LogP) is 1.22. The molecule has 0 saturated heterocycles. The van der Waals surface area contributed by atoms with Gasteiger partial charge in [0, 0.05) is 12.2 Å². The van der Waals surface area contributed by atoms with Crippen molar-refractivity contribution >= 4 is 0 Å². The van der Waals surface area contributed by atoms with Gasteiger partial charge < -0.3 is 5.43 Å². The lowest BCUT2D eigenvalue weighted by Gasteiger charge is -2.07. The Kier molecular flexibility index (Phi) is 2.10. The van der Waals surface area contributed by atoms with Crippen molar-refractivity contribution < 1.29 is 0 Å². The van der Waals surface area contributed by atoms with Crippen molar-refractivity contribution in [1.82, 2.24) is 10.9 Å². The molecule has 0 spiro atoms. The van der Waals surface area contributed by atoms with Crippen molar-refractivity contribution in [3.8, 4) is 0 Å². The predicted molar refractivity (Wildman–Crippen MR) is 49.3 cm³/mol. The first-order valence-corrected chi connectivity index (χ1v) is 4.17. The minimum atomic E-state index is 0.437. The van der Waals surface area contributed by atoms with E-state index in [2.05, 4.69) is 41.2 Å². The maximum Gasteiger partial charge on any atom is 0.0497 e. The molecule has 1 atom stereocenters. The lowest BCUT2D eigenvalue weighted by molar-refractivity contribution is 0.582. The second-order valence-corrected chi connectivity index (χ2v) is 2.94. The summed E-state index contributed by atoms with van der Waals surface area (Å²) in [6.07, 6.45) is 5.12. The van der Waals surface area contributed by atoms with Crippen molar-refractivity contribution in [1.29, 1.82) is 0 Å². The molecule has 1 aliphatic rings. The van der Waals surface area contributed by atoms with Crippen molar-refractivity contribution in [2.75, 3.05) is 0 Å². The molecule has 2 N–H and O–H groups in total. The van der Waals surface area contributed by atoms with Gasteiger partial charge in [0.15, 0.2) is 0 Å². The highest BCUT2D eigenvalue weighted by Gasteiger charge is 2.07. The first-order chi connectivity index (χ1) is 5.95. The number of hydrogen-bond acceptors (Lipinski definition) is 2. The minimum absolute atomic E-state index is 0.437. The fourth-order valence-electron chi connectivity index (χ4n) is 1.35. The van der Waals surface area contributed by atoms with Crippen molar-refractivity contribution in [2.45, 2.75) is 12.5 Å². The number of hydrazine groups is 1. The zero-order valence-corrected chi connectivity index (χ0v) is 6.83. The van der Waals surface area contributed by atoms with E-state index in [1.165, 1.54) is 5.56 Å². The fraction of sp³-hybridized carbons (Fsp3) is 0.200. The van der Waals surface area contributed by atoms with Gasteiger partial charge in [-0.1, -0.05) is 30.3 Å². The Morgan fingerprint density at radius 2 is 2.00 bits per heavy atom. The average Bonchev–Trinajstić information content (AvgIpc) is 2.59. The quantitative estimate of drug-likeness (QED) is 0.679. The zero-order valence-electron chi connectivity index (χ0n) is 6.83. The molecule has 1 aromatic rings. The third-order valence-electron chi connectivity index (χ3n) is 1.98. The molecule has 12 heavy (non-hydrogen) atoms. The van der Waals surface area contributed by atoms with Crippen LogP contribution in [0.3, 0.4) is 0 Å². The van der Waals surface area contributed by atoms with Crippen molar-refractivity contribution in [2.24, 2.45) is 0 Å². The van der Waals surface area contributed by atoms with Gasteiger partial charge >= 0.3 is 0 Å². The number of benzene rings is 1. The van der Waals surface area contributed by atoms with Gasteiger partial charge in [-0.2, -0.15) is 0 Å². The number of nitrogens with one attached hydrogen (secondary N) is 2. The lowest BCUT2D eigenvalue weighted by atomic mass is 10.1. The zero-order chi connectivity index (χ0) is 8.23. The van der Waals surface area contributed by atoms with E-state index in [1.54, 1.807) is 0 Å². The van der Waals surface area contributed by atoms with Crippen LogP contribution in [0.25, 0.3) is 0 Å². The van der Waals surface area contributed by atoms with E-state index in [0.29, 0.717) is 6.04 Å². The van der Waals surface area contributed by atoms with Crippen LogP contribution in [0.5, 0.6) is 0 Å². The molecule has 0 aromatic heterocycles. The molecule has 0 saturated carbocycles. The van der Waals surface area contributed by atoms with E-state index in [4.69, 9.17) is 0 Å². The Hall–Kier alpha value is -1.28. The molecule has 2 nitrogen and oxygen atoms in total. The summed E-state index contributed by atoms with van der Waals surface area (Å²) in [7, 11) is 0. The highest BCUT2D eigenvalue weighted by molar-refractivity contribution is 5.18. The lowest BCUT2D eigenvalue weighted by Crippen LogP contribution is -2.31. The fourth-order valence-corrected chi connectivity index (χ4v) is 1.35. The van der Waals surface area contributed by atoms with Crippen LogP contribution in [0.1, 0.15) is 5.56 Å². The van der Waals surface area contributed by atoms with E-state index in [0.717, 1.165) is 6.42 Å². The smallest absolute Gasteiger partial charge is 0.0497 e. The topological polar surface area (TPSA) is 24.1 Å². The summed E-state index contributed by atoms with van der Waals surface area (Å²) in [4.78, 5) is 0. The molecule has 0 radical (unpaired) electrons. The molecule has 0 bridgehead atoms. The van der Waals surface area contributed by atoms with E-state index < -0.39 is 0 Å². The average molecular weight is 160 g/mol. The van der Waals surface area contributed by atoms with Gasteiger partial charge in [-0.3, -0.25) is 0 Å². The number of hydrogen-bond donors (Lipinski definition) is 2. The Labute approximate surface area is 72.3 Å². The van der Waals surface area contributed by atoms with Gasteiger partial charge in [-0.25, -0.2) is 5.43 Å². The van der Waals surface area contributed by atoms with Crippen LogP contribution in [0.15, 0.2) is 42.6 Å². The molecule has 0 amide bonds. The molecule has 2 heteroatoms. The highest BCUT2D eigenvalue weighted by Crippen LogP contribution is 2.04. The van der Waals surface area contributed by atoms with Crippen LogP contribution in [-0.4, -0.2) is 6.04 Å². The maximum atomic E-state index is 3.14. The van der Waals surface area contributed by atoms with E-state index in [9.17, 15) is 0 Å². The van der Waals surface area contributed by atoms with E-state index in [-0.39, 0.29) is 0 Å². The SMILES string of the molecule is C1=CC(Cc2ccccc2)NN1. The summed E-state index contributed by atoms with van der Waals surface area (Å²) in [6, 6.07) is 10.9. The van der Waals surface area contributed by atoms with E-state index >= 15 is 0 Å². The van der Waals surface area contributed by atoms with Crippen LogP contribution in [-0.2, 0) is 6.42 Å². The van der Waals surface area contributed by atoms with Gasteiger partial charge in [-0.15, -0.1) is 0 Å². The van der Waals surface area contributed by atoms with E-state index in [1.807, 2.05) is 12.3 Å². The largest absolute Gasteiger partial charge is 0.328 e.